The zero-order valence-electron chi connectivity index (χ0n) is 10.2. The fourth-order valence-electron chi connectivity index (χ4n) is 1.84. The molecule has 0 aromatic rings. The van der Waals surface area contributed by atoms with E-state index < -0.39 is 0 Å². The van der Waals surface area contributed by atoms with Gasteiger partial charge >= 0.3 is 0 Å². The topological polar surface area (TPSA) is 50.4 Å². The molecule has 1 fully saturated rings. The van der Waals surface area contributed by atoms with Gasteiger partial charge in [-0.05, 0) is 26.8 Å². The Hall–Kier alpha value is -0.870. The first kappa shape index (κ1) is 13.2. The molecule has 1 aliphatic rings. The van der Waals surface area contributed by atoms with Crippen LogP contribution in [0.15, 0.2) is 12.2 Å². The molecule has 4 heteroatoms. The lowest BCUT2D eigenvalue weighted by molar-refractivity contribution is -0.125. The zero-order valence-corrected chi connectivity index (χ0v) is 10.2. The van der Waals surface area contributed by atoms with Gasteiger partial charge in [-0.3, -0.25) is 4.79 Å². The van der Waals surface area contributed by atoms with Gasteiger partial charge in [0.05, 0.1) is 19.1 Å². The van der Waals surface area contributed by atoms with E-state index in [0.717, 1.165) is 18.5 Å². The maximum absolute atomic E-state index is 11.7. The molecule has 2 atom stereocenters. The Balaban J connectivity index is 2.08. The van der Waals surface area contributed by atoms with Crippen LogP contribution in [0.5, 0.6) is 0 Å². The summed E-state index contributed by atoms with van der Waals surface area (Å²) >= 11 is 0. The van der Waals surface area contributed by atoms with Crippen LogP contribution in [0.25, 0.3) is 0 Å². The van der Waals surface area contributed by atoms with E-state index in [4.69, 9.17) is 4.74 Å². The molecule has 92 valence electrons. The zero-order chi connectivity index (χ0) is 12.0. The highest BCUT2D eigenvalue weighted by Gasteiger charge is 2.28. The van der Waals surface area contributed by atoms with Crippen molar-refractivity contribution < 1.29 is 9.53 Å². The lowest BCUT2D eigenvalue weighted by atomic mass is 10.0. The SMILES string of the molecule is C=C(C)COCCNC(=O)C1CCNC1C. The van der Waals surface area contributed by atoms with Gasteiger partial charge in [0, 0.05) is 12.6 Å². The largest absolute Gasteiger partial charge is 0.375 e. The lowest BCUT2D eigenvalue weighted by Gasteiger charge is -2.14. The smallest absolute Gasteiger partial charge is 0.224 e. The highest BCUT2D eigenvalue weighted by molar-refractivity contribution is 5.79. The van der Waals surface area contributed by atoms with Crippen molar-refractivity contribution in [3.8, 4) is 0 Å². The number of rotatable bonds is 6. The van der Waals surface area contributed by atoms with E-state index in [-0.39, 0.29) is 17.9 Å². The van der Waals surface area contributed by atoms with Crippen LogP contribution in [0.1, 0.15) is 20.3 Å². The van der Waals surface area contributed by atoms with Gasteiger partial charge in [-0.2, -0.15) is 0 Å². The predicted molar refractivity (Wildman–Crippen MR) is 64.2 cm³/mol. The summed E-state index contributed by atoms with van der Waals surface area (Å²) in [6.45, 7) is 10.3. The second kappa shape index (κ2) is 6.66. The quantitative estimate of drug-likeness (QED) is 0.517. The van der Waals surface area contributed by atoms with Gasteiger partial charge in [-0.25, -0.2) is 0 Å². The Morgan fingerprint density at radius 1 is 1.62 bits per heavy atom. The van der Waals surface area contributed by atoms with E-state index in [1.807, 2.05) is 6.92 Å². The first-order chi connectivity index (χ1) is 7.61. The van der Waals surface area contributed by atoms with Crippen LogP contribution in [0, 0.1) is 5.92 Å². The molecule has 0 saturated carbocycles. The van der Waals surface area contributed by atoms with E-state index in [9.17, 15) is 4.79 Å². The number of amides is 1. The predicted octanol–water partition coefficient (Wildman–Crippen LogP) is 0.693. The molecule has 1 rings (SSSR count). The third-order valence-electron chi connectivity index (χ3n) is 2.76. The van der Waals surface area contributed by atoms with E-state index >= 15 is 0 Å². The van der Waals surface area contributed by atoms with Crippen LogP contribution in [0.4, 0.5) is 0 Å². The molecule has 0 spiro atoms. The summed E-state index contributed by atoms with van der Waals surface area (Å²) in [7, 11) is 0. The Kier molecular flexibility index (Phi) is 5.49. The number of hydrogen-bond acceptors (Lipinski definition) is 3. The first-order valence-corrected chi connectivity index (χ1v) is 5.84. The highest BCUT2D eigenvalue weighted by Crippen LogP contribution is 2.14. The van der Waals surface area contributed by atoms with E-state index in [1.165, 1.54) is 0 Å². The molecular weight excluding hydrogens is 204 g/mol. The number of carbonyl (C=O) groups is 1. The molecule has 16 heavy (non-hydrogen) atoms. The number of ether oxygens (including phenoxy) is 1. The van der Waals surface area contributed by atoms with Crippen LogP contribution >= 0.6 is 0 Å². The summed E-state index contributed by atoms with van der Waals surface area (Å²) in [5, 5.41) is 6.16. The van der Waals surface area contributed by atoms with E-state index in [2.05, 4.69) is 24.1 Å². The van der Waals surface area contributed by atoms with Crippen LogP contribution in [-0.2, 0) is 9.53 Å². The van der Waals surface area contributed by atoms with Gasteiger partial charge in [0.15, 0.2) is 0 Å². The second-order valence-corrected chi connectivity index (χ2v) is 4.44. The summed E-state index contributed by atoms with van der Waals surface area (Å²) in [6.07, 6.45) is 0.930. The molecule has 0 radical (unpaired) electrons. The van der Waals surface area contributed by atoms with Gasteiger partial charge < -0.3 is 15.4 Å². The molecule has 1 heterocycles. The summed E-state index contributed by atoms with van der Waals surface area (Å²) in [5.41, 5.74) is 1.000. The minimum atomic E-state index is 0.112. The fourth-order valence-corrected chi connectivity index (χ4v) is 1.84. The van der Waals surface area contributed by atoms with Crippen molar-refractivity contribution in [2.75, 3.05) is 26.3 Å². The molecule has 0 aromatic heterocycles. The molecule has 2 N–H and O–H groups in total. The molecule has 0 bridgehead atoms. The summed E-state index contributed by atoms with van der Waals surface area (Å²) in [5.74, 6) is 0.248. The summed E-state index contributed by atoms with van der Waals surface area (Å²) < 4.78 is 5.31. The fraction of sp³-hybridized carbons (Fsp3) is 0.750. The van der Waals surface area contributed by atoms with Gasteiger partial charge in [-0.1, -0.05) is 12.2 Å². The van der Waals surface area contributed by atoms with Crippen molar-refractivity contribution in [2.45, 2.75) is 26.3 Å². The number of carbonyl (C=O) groups excluding carboxylic acids is 1. The van der Waals surface area contributed by atoms with Gasteiger partial charge in [0.1, 0.15) is 0 Å². The van der Waals surface area contributed by atoms with Crippen molar-refractivity contribution >= 4 is 5.91 Å². The molecule has 0 aromatic carbocycles. The molecule has 0 aliphatic carbocycles. The maximum Gasteiger partial charge on any atom is 0.224 e. The van der Waals surface area contributed by atoms with E-state index in [1.54, 1.807) is 0 Å². The molecule has 1 aliphatic heterocycles. The molecule has 4 nitrogen and oxygen atoms in total. The van der Waals surface area contributed by atoms with Gasteiger partial charge in [0.25, 0.3) is 0 Å². The van der Waals surface area contributed by atoms with Gasteiger partial charge in [0.2, 0.25) is 5.91 Å². The van der Waals surface area contributed by atoms with Crippen LogP contribution in [0.2, 0.25) is 0 Å². The second-order valence-electron chi connectivity index (χ2n) is 4.44. The monoisotopic (exact) mass is 226 g/mol. The third kappa shape index (κ3) is 4.33. The van der Waals surface area contributed by atoms with E-state index in [0.29, 0.717) is 19.8 Å². The number of hydrogen-bond donors (Lipinski definition) is 2. The Bertz CT molecular complexity index is 253. The van der Waals surface area contributed by atoms with Crippen LogP contribution in [0.3, 0.4) is 0 Å². The van der Waals surface area contributed by atoms with Crippen molar-refractivity contribution in [3.05, 3.63) is 12.2 Å². The van der Waals surface area contributed by atoms with Crippen molar-refractivity contribution in [1.29, 1.82) is 0 Å². The molecule has 1 amide bonds. The first-order valence-electron chi connectivity index (χ1n) is 5.84. The number of nitrogens with one attached hydrogen (secondary N) is 2. The maximum atomic E-state index is 11.7. The Morgan fingerprint density at radius 3 is 2.94 bits per heavy atom. The molecular formula is C12H22N2O2. The Labute approximate surface area is 97.4 Å². The van der Waals surface area contributed by atoms with Crippen LogP contribution < -0.4 is 10.6 Å². The van der Waals surface area contributed by atoms with Crippen molar-refractivity contribution in [3.63, 3.8) is 0 Å². The summed E-state index contributed by atoms with van der Waals surface area (Å²) in [6, 6.07) is 0.288. The molecule has 1 saturated heterocycles. The van der Waals surface area contributed by atoms with Gasteiger partial charge in [-0.15, -0.1) is 0 Å². The van der Waals surface area contributed by atoms with Crippen molar-refractivity contribution in [2.24, 2.45) is 5.92 Å². The summed E-state index contributed by atoms with van der Waals surface area (Å²) in [4.78, 5) is 11.7. The third-order valence-corrected chi connectivity index (χ3v) is 2.76. The average Bonchev–Trinajstić information content (AvgIpc) is 2.63. The normalized spacial score (nSPS) is 24.4. The minimum absolute atomic E-state index is 0.112. The Morgan fingerprint density at radius 2 is 2.38 bits per heavy atom. The lowest BCUT2D eigenvalue weighted by Crippen LogP contribution is -2.38. The standard InChI is InChI=1S/C12H22N2O2/c1-9(2)8-16-7-6-14-12(15)11-4-5-13-10(11)3/h10-11,13H,1,4-8H2,2-3H3,(H,14,15). The highest BCUT2D eigenvalue weighted by atomic mass is 16.5. The average molecular weight is 226 g/mol. The van der Waals surface area contributed by atoms with Crippen molar-refractivity contribution in [1.82, 2.24) is 10.6 Å². The molecule has 2 unspecified atom stereocenters. The van der Waals surface area contributed by atoms with Crippen LogP contribution in [-0.4, -0.2) is 38.3 Å². The minimum Gasteiger partial charge on any atom is -0.375 e.